The Morgan fingerprint density at radius 1 is 0.833 bits per heavy atom. The SMILES string of the molecule is C[C@H](c1ccccc1)N1CCN2C(=O)OC(c3ccccc3)(c3ccccc3)[C@@H]2C1. The normalized spacial score (nSPS) is 21.7. The van der Waals surface area contributed by atoms with Crippen molar-refractivity contribution in [2.75, 3.05) is 19.6 Å². The molecule has 4 nitrogen and oxygen atoms in total. The number of amides is 1. The highest BCUT2D eigenvalue weighted by molar-refractivity contribution is 5.74. The first kappa shape index (κ1) is 18.9. The third-order valence-electron chi connectivity index (χ3n) is 6.60. The molecule has 0 unspecified atom stereocenters. The van der Waals surface area contributed by atoms with Gasteiger partial charge in [0, 0.05) is 36.8 Å². The molecule has 0 aromatic heterocycles. The molecule has 2 atom stereocenters. The Morgan fingerprint density at radius 3 is 1.93 bits per heavy atom. The van der Waals surface area contributed by atoms with Gasteiger partial charge in [0.05, 0.1) is 6.04 Å². The van der Waals surface area contributed by atoms with E-state index in [0.29, 0.717) is 6.54 Å². The third kappa shape index (κ3) is 2.99. The summed E-state index contributed by atoms with van der Waals surface area (Å²) in [5, 5.41) is 0. The summed E-state index contributed by atoms with van der Waals surface area (Å²) in [6.07, 6.45) is -0.222. The Morgan fingerprint density at radius 2 is 1.37 bits per heavy atom. The maximum absolute atomic E-state index is 13.0. The molecule has 2 aliphatic heterocycles. The molecule has 0 bridgehead atoms. The van der Waals surface area contributed by atoms with Crippen LogP contribution in [0, 0.1) is 0 Å². The van der Waals surface area contributed by atoms with E-state index >= 15 is 0 Å². The number of cyclic esters (lactones) is 1. The first-order valence-corrected chi connectivity index (χ1v) is 10.6. The average molecular weight is 399 g/mol. The summed E-state index contributed by atoms with van der Waals surface area (Å²) in [6, 6.07) is 31.1. The van der Waals surface area contributed by atoms with Crippen molar-refractivity contribution in [1.82, 2.24) is 9.80 Å². The number of carbonyl (C=O) groups excluding carboxylic acids is 1. The predicted octanol–water partition coefficient (Wildman–Crippen LogP) is 4.83. The molecule has 3 aromatic carbocycles. The maximum Gasteiger partial charge on any atom is 0.411 e. The quantitative estimate of drug-likeness (QED) is 0.631. The molecule has 152 valence electrons. The van der Waals surface area contributed by atoms with Gasteiger partial charge in [0.25, 0.3) is 0 Å². The van der Waals surface area contributed by atoms with Crippen molar-refractivity contribution in [2.45, 2.75) is 24.6 Å². The van der Waals surface area contributed by atoms with Crippen LogP contribution >= 0.6 is 0 Å². The fraction of sp³-hybridized carbons (Fsp3) is 0.269. The van der Waals surface area contributed by atoms with Crippen LogP contribution in [0.25, 0.3) is 0 Å². The minimum absolute atomic E-state index is 0.0882. The zero-order valence-electron chi connectivity index (χ0n) is 17.1. The highest BCUT2D eigenvalue weighted by atomic mass is 16.6. The number of ether oxygens (including phenoxy) is 1. The molecule has 0 radical (unpaired) electrons. The predicted molar refractivity (Wildman–Crippen MR) is 117 cm³/mol. The topological polar surface area (TPSA) is 32.8 Å². The molecule has 2 fully saturated rings. The lowest BCUT2D eigenvalue weighted by Gasteiger charge is -2.44. The van der Waals surface area contributed by atoms with Gasteiger partial charge in [-0.2, -0.15) is 0 Å². The Kier molecular flexibility index (Phi) is 4.80. The number of benzene rings is 3. The standard InChI is InChI=1S/C26H26N2O2/c1-20(21-11-5-2-6-12-21)27-17-18-28-24(19-27)26(30-25(28)29,22-13-7-3-8-14-22)23-15-9-4-10-16-23/h2-16,20,24H,17-19H2,1H3/t20-,24+/m1/s1. The van der Waals surface area contributed by atoms with E-state index in [1.807, 2.05) is 47.4 Å². The van der Waals surface area contributed by atoms with Crippen LogP contribution in [0.4, 0.5) is 4.79 Å². The molecule has 1 amide bonds. The molecule has 0 aliphatic carbocycles. The summed E-state index contributed by atoms with van der Waals surface area (Å²) in [6.45, 7) is 4.50. The summed E-state index contributed by atoms with van der Waals surface area (Å²) >= 11 is 0. The van der Waals surface area contributed by atoms with Gasteiger partial charge in [-0.1, -0.05) is 91.0 Å². The number of rotatable bonds is 4. The number of hydrogen-bond donors (Lipinski definition) is 0. The molecule has 0 spiro atoms. The van der Waals surface area contributed by atoms with E-state index in [1.54, 1.807) is 0 Å². The van der Waals surface area contributed by atoms with E-state index in [4.69, 9.17) is 4.74 Å². The summed E-state index contributed by atoms with van der Waals surface area (Å²) < 4.78 is 6.26. The van der Waals surface area contributed by atoms with Crippen LogP contribution in [0.1, 0.15) is 29.7 Å². The van der Waals surface area contributed by atoms with Gasteiger partial charge in [-0.25, -0.2) is 4.79 Å². The zero-order chi connectivity index (χ0) is 20.6. The summed E-state index contributed by atoms with van der Waals surface area (Å²) in [5.41, 5.74) is 2.52. The smallest absolute Gasteiger partial charge is 0.411 e. The van der Waals surface area contributed by atoms with Gasteiger partial charge < -0.3 is 4.74 Å². The van der Waals surface area contributed by atoms with Crippen molar-refractivity contribution in [3.05, 3.63) is 108 Å². The molecular weight excluding hydrogens is 372 g/mol. The molecule has 0 N–H and O–H groups in total. The van der Waals surface area contributed by atoms with E-state index in [2.05, 4.69) is 60.4 Å². The van der Waals surface area contributed by atoms with E-state index < -0.39 is 5.60 Å². The van der Waals surface area contributed by atoms with Crippen LogP contribution in [-0.2, 0) is 10.3 Å². The van der Waals surface area contributed by atoms with Crippen molar-refractivity contribution in [3.8, 4) is 0 Å². The molecule has 5 rings (SSSR count). The largest absolute Gasteiger partial charge is 0.431 e. The van der Waals surface area contributed by atoms with Crippen molar-refractivity contribution < 1.29 is 9.53 Å². The molecule has 4 heteroatoms. The van der Waals surface area contributed by atoms with Crippen molar-refractivity contribution in [2.24, 2.45) is 0 Å². The first-order chi connectivity index (χ1) is 14.7. The molecule has 2 saturated heterocycles. The van der Waals surface area contributed by atoms with Crippen LogP contribution in [0.5, 0.6) is 0 Å². The van der Waals surface area contributed by atoms with E-state index in [1.165, 1.54) is 5.56 Å². The van der Waals surface area contributed by atoms with Crippen LogP contribution in [0.2, 0.25) is 0 Å². The second-order valence-electron chi connectivity index (χ2n) is 8.13. The molecular formula is C26H26N2O2. The van der Waals surface area contributed by atoms with E-state index in [0.717, 1.165) is 24.2 Å². The minimum Gasteiger partial charge on any atom is -0.431 e. The van der Waals surface area contributed by atoms with Crippen LogP contribution < -0.4 is 0 Å². The van der Waals surface area contributed by atoms with Gasteiger partial charge >= 0.3 is 6.09 Å². The molecule has 2 aliphatic rings. The summed E-state index contributed by atoms with van der Waals surface area (Å²) in [5.74, 6) is 0. The van der Waals surface area contributed by atoms with E-state index in [-0.39, 0.29) is 18.2 Å². The lowest BCUT2D eigenvalue weighted by atomic mass is 9.79. The van der Waals surface area contributed by atoms with Gasteiger partial charge in [0.2, 0.25) is 0 Å². The van der Waals surface area contributed by atoms with Crippen molar-refractivity contribution in [1.29, 1.82) is 0 Å². The maximum atomic E-state index is 13.0. The van der Waals surface area contributed by atoms with Crippen LogP contribution in [-0.4, -0.2) is 41.6 Å². The Bertz CT molecular complexity index is 967. The van der Waals surface area contributed by atoms with Crippen molar-refractivity contribution >= 4 is 6.09 Å². The highest BCUT2D eigenvalue weighted by Gasteiger charge is 2.58. The number of hydrogen-bond acceptors (Lipinski definition) is 3. The Labute approximate surface area is 177 Å². The second-order valence-corrected chi connectivity index (χ2v) is 8.13. The van der Waals surface area contributed by atoms with Gasteiger partial charge in [0.1, 0.15) is 0 Å². The molecule has 3 aromatic rings. The molecule has 0 saturated carbocycles. The molecule has 30 heavy (non-hydrogen) atoms. The summed E-state index contributed by atoms with van der Waals surface area (Å²) in [4.78, 5) is 17.4. The summed E-state index contributed by atoms with van der Waals surface area (Å²) in [7, 11) is 0. The van der Waals surface area contributed by atoms with E-state index in [9.17, 15) is 4.79 Å². The second kappa shape index (κ2) is 7.62. The monoisotopic (exact) mass is 398 g/mol. The number of carbonyl (C=O) groups is 1. The highest BCUT2D eigenvalue weighted by Crippen LogP contribution is 2.46. The Hall–Kier alpha value is -3.11. The lowest BCUT2D eigenvalue weighted by molar-refractivity contribution is 0.0325. The first-order valence-electron chi connectivity index (χ1n) is 10.6. The van der Waals surface area contributed by atoms with Crippen LogP contribution in [0.3, 0.4) is 0 Å². The Balaban J connectivity index is 1.57. The number of piperazine rings is 1. The third-order valence-corrected chi connectivity index (χ3v) is 6.60. The fourth-order valence-electron chi connectivity index (χ4n) is 4.97. The van der Waals surface area contributed by atoms with Gasteiger partial charge in [-0.3, -0.25) is 9.80 Å². The number of nitrogens with zero attached hydrogens (tertiary/aromatic N) is 2. The van der Waals surface area contributed by atoms with Crippen LogP contribution in [0.15, 0.2) is 91.0 Å². The fourth-order valence-corrected chi connectivity index (χ4v) is 4.97. The lowest BCUT2D eigenvalue weighted by Crippen LogP contribution is -2.57. The van der Waals surface area contributed by atoms with Gasteiger partial charge in [-0.15, -0.1) is 0 Å². The average Bonchev–Trinajstić information content (AvgIpc) is 3.13. The van der Waals surface area contributed by atoms with Gasteiger partial charge in [-0.05, 0) is 12.5 Å². The molecule has 2 heterocycles. The number of fused-ring (bicyclic) bond motifs is 1. The zero-order valence-corrected chi connectivity index (χ0v) is 17.1. The van der Waals surface area contributed by atoms with Crippen molar-refractivity contribution in [3.63, 3.8) is 0 Å². The van der Waals surface area contributed by atoms with Gasteiger partial charge in [0.15, 0.2) is 5.60 Å². The minimum atomic E-state index is -0.811.